The molecular formula is C27H22N6O. The number of rotatable bonds is 5. The molecule has 2 aromatic carbocycles. The zero-order valence-corrected chi connectivity index (χ0v) is 18.6. The lowest BCUT2D eigenvalue weighted by Gasteiger charge is -2.09. The average Bonchev–Trinajstić information content (AvgIpc) is 3.57. The number of aryl methyl sites for hydroxylation is 1. The number of carbonyl (C=O) groups is 1. The summed E-state index contributed by atoms with van der Waals surface area (Å²) in [7, 11) is 0. The molecule has 0 saturated heterocycles. The minimum absolute atomic E-state index is 0.267. The lowest BCUT2D eigenvalue weighted by atomic mass is 10.1. The largest absolute Gasteiger partial charge is 0.364 e. The first-order chi connectivity index (χ1) is 16.5. The Morgan fingerprint density at radius 3 is 2.56 bits per heavy atom. The number of pyridine rings is 1. The zero-order valence-electron chi connectivity index (χ0n) is 18.6. The zero-order chi connectivity index (χ0) is 23.2. The summed E-state index contributed by atoms with van der Waals surface area (Å²) in [5.74, 6) is -0.526. The van der Waals surface area contributed by atoms with Crippen molar-refractivity contribution in [2.24, 2.45) is 5.73 Å². The van der Waals surface area contributed by atoms with Crippen LogP contribution in [0.5, 0.6) is 0 Å². The quantitative estimate of drug-likeness (QED) is 0.420. The Bertz CT molecular complexity index is 1670. The van der Waals surface area contributed by atoms with Crippen molar-refractivity contribution < 1.29 is 4.79 Å². The van der Waals surface area contributed by atoms with Crippen molar-refractivity contribution in [3.8, 4) is 16.8 Å². The maximum atomic E-state index is 11.5. The Morgan fingerprint density at radius 2 is 1.76 bits per heavy atom. The maximum absolute atomic E-state index is 11.5. The number of hydrogen-bond acceptors (Lipinski definition) is 3. The Hall–Kier alpha value is -4.65. The fourth-order valence-electron chi connectivity index (χ4n) is 4.40. The van der Waals surface area contributed by atoms with Crippen LogP contribution in [-0.2, 0) is 6.54 Å². The van der Waals surface area contributed by atoms with Gasteiger partial charge in [-0.15, -0.1) is 0 Å². The number of fused-ring (bicyclic) bond motifs is 2. The summed E-state index contributed by atoms with van der Waals surface area (Å²) in [5.41, 5.74) is 13.0. The van der Waals surface area contributed by atoms with E-state index in [-0.39, 0.29) is 5.69 Å². The Balaban J connectivity index is 1.26. The highest BCUT2D eigenvalue weighted by Gasteiger charge is 2.12. The van der Waals surface area contributed by atoms with Crippen molar-refractivity contribution in [3.63, 3.8) is 0 Å². The molecule has 2 N–H and O–H groups in total. The van der Waals surface area contributed by atoms with Crippen molar-refractivity contribution in [1.29, 1.82) is 0 Å². The van der Waals surface area contributed by atoms with Gasteiger partial charge in [0.2, 0.25) is 0 Å². The van der Waals surface area contributed by atoms with E-state index < -0.39 is 5.91 Å². The van der Waals surface area contributed by atoms with Crippen molar-refractivity contribution >= 4 is 22.5 Å². The van der Waals surface area contributed by atoms with Crippen LogP contribution >= 0.6 is 0 Å². The van der Waals surface area contributed by atoms with Gasteiger partial charge in [-0.2, -0.15) is 5.10 Å². The van der Waals surface area contributed by atoms with Crippen LogP contribution in [-0.4, -0.2) is 29.6 Å². The number of amides is 1. The molecule has 0 fully saturated rings. The fourth-order valence-corrected chi connectivity index (χ4v) is 4.40. The van der Waals surface area contributed by atoms with E-state index in [1.54, 1.807) is 16.9 Å². The summed E-state index contributed by atoms with van der Waals surface area (Å²) in [5, 5.41) is 5.45. The number of carbonyl (C=O) groups excluding carboxylic acids is 1. The summed E-state index contributed by atoms with van der Waals surface area (Å²) >= 11 is 0. The highest BCUT2D eigenvalue weighted by molar-refractivity contribution is 5.91. The molecule has 6 rings (SSSR count). The second-order valence-corrected chi connectivity index (χ2v) is 8.44. The van der Waals surface area contributed by atoms with E-state index in [1.807, 2.05) is 29.7 Å². The highest BCUT2D eigenvalue weighted by atomic mass is 16.1. The molecule has 0 aliphatic heterocycles. The van der Waals surface area contributed by atoms with Gasteiger partial charge in [0.1, 0.15) is 5.65 Å². The maximum Gasteiger partial charge on any atom is 0.269 e. The predicted molar refractivity (Wildman–Crippen MR) is 132 cm³/mol. The number of nitrogens with two attached hydrogens (primary N) is 1. The minimum Gasteiger partial charge on any atom is -0.364 e. The fraction of sp³-hybridized carbons (Fsp3) is 0.0741. The van der Waals surface area contributed by atoms with Crippen molar-refractivity contribution in [3.05, 3.63) is 108 Å². The van der Waals surface area contributed by atoms with Gasteiger partial charge in [-0.05, 0) is 66.1 Å². The van der Waals surface area contributed by atoms with E-state index in [9.17, 15) is 4.79 Å². The Labute approximate surface area is 195 Å². The van der Waals surface area contributed by atoms with Gasteiger partial charge in [-0.3, -0.25) is 4.79 Å². The van der Waals surface area contributed by atoms with E-state index in [0.29, 0.717) is 0 Å². The Kier molecular flexibility index (Phi) is 4.55. The number of primary amides is 1. The molecule has 0 aliphatic carbocycles. The third-order valence-corrected chi connectivity index (χ3v) is 6.17. The van der Waals surface area contributed by atoms with Crippen LogP contribution in [0.3, 0.4) is 0 Å². The van der Waals surface area contributed by atoms with Gasteiger partial charge < -0.3 is 14.7 Å². The molecule has 166 valence electrons. The van der Waals surface area contributed by atoms with Gasteiger partial charge in [-0.1, -0.05) is 24.3 Å². The van der Waals surface area contributed by atoms with Gasteiger partial charge >= 0.3 is 0 Å². The lowest BCUT2D eigenvalue weighted by Crippen LogP contribution is -2.12. The highest BCUT2D eigenvalue weighted by Crippen LogP contribution is 2.24. The molecule has 7 nitrogen and oxygen atoms in total. The molecule has 0 bridgehead atoms. The molecule has 4 heterocycles. The van der Waals surface area contributed by atoms with E-state index in [4.69, 9.17) is 5.73 Å². The predicted octanol–water partition coefficient (Wildman–Crippen LogP) is 4.60. The summed E-state index contributed by atoms with van der Waals surface area (Å²) < 4.78 is 6.01. The van der Waals surface area contributed by atoms with Crippen LogP contribution in [0.1, 0.15) is 21.7 Å². The number of nitrogens with zero attached hydrogens (tertiary/aromatic N) is 5. The lowest BCUT2D eigenvalue weighted by molar-refractivity contribution is 0.0995. The molecule has 0 spiro atoms. The van der Waals surface area contributed by atoms with Crippen molar-refractivity contribution in [2.75, 3.05) is 0 Å². The minimum atomic E-state index is -0.526. The molecular weight excluding hydrogens is 424 g/mol. The molecule has 4 aromatic heterocycles. The molecule has 6 aromatic rings. The van der Waals surface area contributed by atoms with Crippen LogP contribution < -0.4 is 5.73 Å². The van der Waals surface area contributed by atoms with Crippen LogP contribution in [0.4, 0.5) is 0 Å². The molecule has 0 unspecified atom stereocenters. The van der Waals surface area contributed by atoms with Gasteiger partial charge in [-0.25, -0.2) is 9.67 Å². The number of hydrogen-bond donors (Lipinski definition) is 1. The first-order valence-corrected chi connectivity index (χ1v) is 11.0. The smallest absolute Gasteiger partial charge is 0.269 e. The molecule has 34 heavy (non-hydrogen) atoms. The Morgan fingerprint density at radius 1 is 0.941 bits per heavy atom. The normalized spacial score (nSPS) is 11.4. The second kappa shape index (κ2) is 7.74. The van der Waals surface area contributed by atoms with Gasteiger partial charge in [0.05, 0.1) is 5.69 Å². The van der Waals surface area contributed by atoms with E-state index >= 15 is 0 Å². The van der Waals surface area contributed by atoms with Crippen LogP contribution in [0.2, 0.25) is 0 Å². The molecule has 7 heteroatoms. The van der Waals surface area contributed by atoms with Gasteiger partial charge in [0.15, 0.2) is 5.69 Å². The van der Waals surface area contributed by atoms with Crippen LogP contribution in [0, 0.1) is 6.92 Å². The van der Waals surface area contributed by atoms with Gasteiger partial charge in [0, 0.05) is 47.9 Å². The number of aromatic nitrogens is 5. The molecule has 0 aliphatic rings. The third kappa shape index (κ3) is 3.44. The summed E-state index contributed by atoms with van der Waals surface area (Å²) in [4.78, 5) is 15.8. The summed E-state index contributed by atoms with van der Waals surface area (Å²) in [6.45, 7) is 2.68. The van der Waals surface area contributed by atoms with Gasteiger partial charge in [0.25, 0.3) is 5.91 Å². The average molecular weight is 447 g/mol. The molecule has 1 amide bonds. The number of benzene rings is 2. The van der Waals surface area contributed by atoms with E-state index in [1.165, 1.54) is 11.1 Å². The molecule has 0 radical (unpaired) electrons. The third-order valence-electron chi connectivity index (χ3n) is 6.17. The first-order valence-electron chi connectivity index (χ1n) is 11.0. The van der Waals surface area contributed by atoms with Crippen LogP contribution in [0.15, 0.2) is 91.5 Å². The van der Waals surface area contributed by atoms with E-state index in [0.717, 1.165) is 40.0 Å². The molecule has 0 saturated carbocycles. The topological polar surface area (TPSA) is 83.1 Å². The second-order valence-electron chi connectivity index (χ2n) is 8.44. The summed E-state index contributed by atoms with van der Waals surface area (Å²) in [6, 6.07) is 22.8. The first kappa shape index (κ1) is 20.0. The monoisotopic (exact) mass is 446 g/mol. The number of imidazole rings is 1. The van der Waals surface area contributed by atoms with Crippen LogP contribution in [0.25, 0.3) is 33.4 Å². The van der Waals surface area contributed by atoms with Crippen molar-refractivity contribution in [1.82, 2.24) is 23.7 Å². The standard InChI is InChI=1S/C27H22N6O/c1-18-14-24(27(28)34)30-33(18)23-7-8-25-21(15-23)10-12-31(25)16-19-2-4-20(5-3-19)22-6-9-26-29-11-13-32(26)17-22/h2-15,17H,16H2,1H3,(H2,28,34). The van der Waals surface area contributed by atoms with E-state index in [2.05, 4.69) is 75.6 Å². The molecule has 0 atom stereocenters. The SMILES string of the molecule is Cc1cc(C(N)=O)nn1-c1ccc2c(ccn2Cc2ccc(-c3ccc4nccn4c3)cc2)c1. The summed E-state index contributed by atoms with van der Waals surface area (Å²) in [6.07, 6.45) is 7.96. The van der Waals surface area contributed by atoms with Crippen molar-refractivity contribution in [2.45, 2.75) is 13.5 Å².